The largest absolute Gasteiger partial charge is 0.376 e. The maximum atomic E-state index is 6.16. The van der Waals surface area contributed by atoms with Gasteiger partial charge in [-0.1, -0.05) is 17.7 Å². The molecule has 0 fully saturated rings. The molecule has 0 spiro atoms. The van der Waals surface area contributed by atoms with Crippen LogP contribution in [0.1, 0.15) is 5.69 Å². The molecular weight excluding hydrogens is 326 g/mol. The number of pyridine rings is 2. The molecule has 4 aromatic rings. The van der Waals surface area contributed by atoms with Gasteiger partial charge in [-0.3, -0.25) is 9.97 Å². The van der Waals surface area contributed by atoms with Crippen LogP contribution in [0.3, 0.4) is 0 Å². The van der Waals surface area contributed by atoms with Gasteiger partial charge in [0.25, 0.3) is 0 Å². The van der Waals surface area contributed by atoms with Crippen molar-refractivity contribution in [1.82, 2.24) is 29.8 Å². The number of nitrogens with one attached hydrogen (secondary N) is 1. The van der Waals surface area contributed by atoms with E-state index in [1.165, 1.54) is 0 Å². The Morgan fingerprint density at radius 2 is 2.04 bits per heavy atom. The van der Waals surface area contributed by atoms with Crippen LogP contribution < -0.4 is 5.32 Å². The zero-order chi connectivity index (χ0) is 16.4. The number of anilines is 1. The summed E-state index contributed by atoms with van der Waals surface area (Å²) in [5.41, 5.74) is 3.06. The Balaban J connectivity index is 1.73. The zero-order valence-electron chi connectivity index (χ0n) is 12.5. The third-order valence-electron chi connectivity index (χ3n) is 3.45. The topological polar surface area (TPSA) is 80.9 Å². The number of hydrogen-bond acceptors (Lipinski definition) is 6. The molecule has 7 nitrogen and oxygen atoms in total. The second-order valence-electron chi connectivity index (χ2n) is 5.06. The van der Waals surface area contributed by atoms with E-state index in [0.717, 1.165) is 16.9 Å². The maximum Gasteiger partial charge on any atom is 0.201 e. The molecule has 4 rings (SSSR count). The maximum absolute atomic E-state index is 6.16. The monoisotopic (exact) mass is 337 g/mol. The Labute approximate surface area is 142 Å². The highest BCUT2D eigenvalue weighted by Gasteiger charge is 2.14. The van der Waals surface area contributed by atoms with Gasteiger partial charge in [0.15, 0.2) is 11.0 Å². The minimum atomic E-state index is 0.343. The van der Waals surface area contributed by atoms with Gasteiger partial charge in [-0.25, -0.2) is 0 Å². The quantitative estimate of drug-likeness (QED) is 0.616. The van der Waals surface area contributed by atoms with E-state index in [4.69, 9.17) is 11.6 Å². The molecule has 0 aliphatic heterocycles. The molecule has 4 aromatic heterocycles. The summed E-state index contributed by atoms with van der Waals surface area (Å²) in [6, 6.07) is 11.2. The summed E-state index contributed by atoms with van der Waals surface area (Å²) in [5.74, 6) is 0.585. The van der Waals surface area contributed by atoms with Crippen molar-refractivity contribution in [2.45, 2.75) is 6.54 Å². The van der Waals surface area contributed by atoms with Gasteiger partial charge >= 0.3 is 0 Å². The van der Waals surface area contributed by atoms with Gasteiger partial charge in [0.1, 0.15) is 0 Å². The summed E-state index contributed by atoms with van der Waals surface area (Å²) in [5, 5.41) is 16.4. The molecule has 0 aliphatic carbocycles. The van der Waals surface area contributed by atoms with Gasteiger partial charge in [0.05, 0.1) is 17.9 Å². The summed E-state index contributed by atoms with van der Waals surface area (Å²) in [7, 11) is 0. The van der Waals surface area contributed by atoms with Crippen molar-refractivity contribution in [2.75, 3.05) is 5.32 Å². The van der Waals surface area contributed by atoms with E-state index in [0.29, 0.717) is 23.2 Å². The van der Waals surface area contributed by atoms with Crippen LogP contribution in [0.4, 0.5) is 5.69 Å². The van der Waals surface area contributed by atoms with Crippen molar-refractivity contribution in [3.63, 3.8) is 0 Å². The van der Waals surface area contributed by atoms with E-state index in [2.05, 4.69) is 30.6 Å². The first-order valence-corrected chi connectivity index (χ1v) is 7.65. The number of halogens is 1. The third kappa shape index (κ3) is 2.77. The Morgan fingerprint density at radius 3 is 2.83 bits per heavy atom. The highest BCUT2D eigenvalue weighted by Crippen LogP contribution is 2.23. The fourth-order valence-corrected chi connectivity index (χ4v) is 2.53. The normalized spacial score (nSPS) is 10.9. The van der Waals surface area contributed by atoms with Crippen LogP contribution in [0.5, 0.6) is 0 Å². The average Bonchev–Trinajstić information content (AvgIpc) is 3.05. The molecule has 0 atom stereocenters. The number of fused-ring (bicyclic) bond motifs is 1. The molecule has 4 heterocycles. The average molecular weight is 338 g/mol. The van der Waals surface area contributed by atoms with Gasteiger partial charge in [-0.05, 0) is 24.3 Å². The van der Waals surface area contributed by atoms with E-state index in [9.17, 15) is 0 Å². The third-order valence-corrected chi connectivity index (χ3v) is 3.63. The minimum Gasteiger partial charge on any atom is -0.376 e. The first-order chi connectivity index (χ1) is 11.8. The summed E-state index contributed by atoms with van der Waals surface area (Å²) in [4.78, 5) is 8.39. The lowest BCUT2D eigenvalue weighted by Crippen LogP contribution is -2.05. The molecule has 0 aromatic carbocycles. The van der Waals surface area contributed by atoms with Gasteiger partial charge in [-0.15, -0.1) is 10.2 Å². The molecule has 0 saturated carbocycles. The molecule has 0 radical (unpaired) electrons. The smallest absolute Gasteiger partial charge is 0.201 e. The molecular formula is C16H12ClN7. The SMILES string of the molecule is Clc1cc(NCc2ccccn2)c2nnc(-c3cccnc3)n2n1. The summed E-state index contributed by atoms with van der Waals surface area (Å²) >= 11 is 6.16. The molecule has 0 amide bonds. The van der Waals surface area contributed by atoms with Crippen LogP contribution in [-0.2, 0) is 6.54 Å². The molecule has 24 heavy (non-hydrogen) atoms. The highest BCUT2D eigenvalue weighted by atomic mass is 35.5. The lowest BCUT2D eigenvalue weighted by Gasteiger charge is -2.07. The first-order valence-electron chi connectivity index (χ1n) is 7.27. The number of nitrogens with zero attached hydrogens (tertiary/aromatic N) is 6. The van der Waals surface area contributed by atoms with E-state index in [1.807, 2.05) is 30.3 Å². The van der Waals surface area contributed by atoms with Crippen LogP contribution in [0.25, 0.3) is 17.0 Å². The number of aromatic nitrogens is 6. The predicted molar refractivity (Wildman–Crippen MR) is 90.6 cm³/mol. The summed E-state index contributed by atoms with van der Waals surface area (Å²) in [6.07, 6.45) is 5.16. The Morgan fingerprint density at radius 1 is 1.08 bits per heavy atom. The van der Waals surface area contributed by atoms with E-state index >= 15 is 0 Å². The van der Waals surface area contributed by atoms with Crippen LogP contribution >= 0.6 is 11.6 Å². The van der Waals surface area contributed by atoms with Crippen molar-refractivity contribution in [2.24, 2.45) is 0 Å². The molecule has 1 N–H and O–H groups in total. The van der Waals surface area contributed by atoms with Crippen molar-refractivity contribution >= 4 is 22.9 Å². The van der Waals surface area contributed by atoms with Gasteiger partial charge < -0.3 is 5.32 Å². The van der Waals surface area contributed by atoms with Gasteiger partial charge in [0.2, 0.25) is 5.65 Å². The van der Waals surface area contributed by atoms with Gasteiger partial charge in [0, 0.05) is 30.2 Å². The number of rotatable bonds is 4. The Hall–Kier alpha value is -3.06. The van der Waals surface area contributed by atoms with Crippen LogP contribution in [0.2, 0.25) is 5.15 Å². The first kappa shape index (κ1) is 14.5. The molecule has 8 heteroatoms. The van der Waals surface area contributed by atoms with E-state index in [1.54, 1.807) is 29.2 Å². The molecule has 0 unspecified atom stereocenters. The molecule has 0 aliphatic rings. The summed E-state index contributed by atoms with van der Waals surface area (Å²) < 4.78 is 1.61. The molecule has 0 saturated heterocycles. The highest BCUT2D eigenvalue weighted by molar-refractivity contribution is 6.29. The van der Waals surface area contributed by atoms with Gasteiger partial charge in [-0.2, -0.15) is 9.61 Å². The van der Waals surface area contributed by atoms with Crippen molar-refractivity contribution < 1.29 is 0 Å². The van der Waals surface area contributed by atoms with E-state index in [-0.39, 0.29) is 0 Å². The predicted octanol–water partition coefficient (Wildman–Crippen LogP) is 2.85. The van der Waals surface area contributed by atoms with Crippen LogP contribution in [0, 0.1) is 0 Å². The zero-order valence-corrected chi connectivity index (χ0v) is 13.2. The van der Waals surface area contributed by atoms with Crippen molar-refractivity contribution in [3.8, 4) is 11.4 Å². The fourth-order valence-electron chi connectivity index (χ4n) is 2.34. The number of hydrogen-bond donors (Lipinski definition) is 1. The lowest BCUT2D eigenvalue weighted by molar-refractivity contribution is 0.931. The van der Waals surface area contributed by atoms with Crippen LogP contribution in [-0.4, -0.2) is 29.8 Å². The van der Waals surface area contributed by atoms with Crippen molar-refractivity contribution in [3.05, 3.63) is 65.8 Å². The second-order valence-corrected chi connectivity index (χ2v) is 5.44. The standard InChI is InChI=1S/C16H12ClN7/c17-14-8-13(20-10-12-5-1-2-7-19-12)16-22-21-15(24(16)23-14)11-4-3-6-18-9-11/h1-9,20H,10H2. The fraction of sp³-hybridized carbons (Fsp3) is 0.0625. The van der Waals surface area contributed by atoms with E-state index < -0.39 is 0 Å². The van der Waals surface area contributed by atoms with Crippen LogP contribution in [0.15, 0.2) is 55.0 Å². The Kier molecular flexibility index (Phi) is 3.76. The molecule has 118 valence electrons. The molecule has 0 bridgehead atoms. The minimum absolute atomic E-state index is 0.343. The Bertz CT molecular complexity index is 970. The summed E-state index contributed by atoms with van der Waals surface area (Å²) in [6.45, 7) is 0.548. The lowest BCUT2D eigenvalue weighted by atomic mass is 10.3. The second kappa shape index (κ2) is 6.21. The van der Waals surface area contributed by atoms with Crippen molar-refractivity contribution in [1.29, 1.82) is 0 Å².